The summed E-state index contributed by atoms with van der Waals surface area (Å²) in [6.07, 6.45) is -1.35. The average Bonchev–Trinajstić information content (AvgIpc) is 2.27. The first-order valence-electron chi connectivity index (χ1n) is 5.20. The molecule has 0 saturated carbocycles. The molecule has 0 radical (unpaired) electrons. The largest absolute Gasteiger partial charge is 0.475 e. The van der Waals surface area contributed by atoms with E-state index in [1.54, 1.807) is 20.8 Å². The monoisotopic (exact) mass is 326 g/mol. The Bertz CT molecular complexity index is 216. The molecule has 0 rings (SSSR count). The van der Waals surface area contributed by atoms with E-state index >= 15 is 0 Å². The van der Waals surface area contributed by atoms with E-state index in [1.807, 2.05) is 0 Å². The normalized spacial score (nSPS) is 17.8. The van der Waals surface area contributed by atoms with Gasteiger partial charge in [0.05, 0.1) is 18.3 Å². The van der Waals surface area contributed by atoms with Crippen LogP contribution in [0.5, 0.6) is 0 Å². The Kier molecular flexibility index (Phi) is 9.49. The molecule has 0 amide bonds. The van der Waals surface area contributed by atoms with Crippen molar-refractivity contribution >= 4 is 42.6 Å². The van der Waals surface area contributed by atoms with Crippen LogP contribution in [-0.2, 0) is 18.1 Å². The summed E-state index contributed by atoms with van der Waals surface area (Å²) in [6.45, 7) is 5.01. The minimum absolute atomic E-state index is 0.182. The lowest BCUT2D eigenvalue weighted by atomic mass is 10.5. The summed E-state index contributed by atoms with van der Waals surface area (Å²) in [5.74, 6) is 0.545. The van der Waals surface area contributed by atoms with Gasteiger partial charge in [-0.1, -0.05) is 0 Å². The molecular weight excluding hydrogens is 309 g/mol. The predicted octanol–water partition coefficient (Wildman–Crippen LogP) is 4.03. The molecule has 0 aliphatic heterocycles. The lowest BCUT2D eigenvalue weighted by molar-refractivity contribution is 0.0583. The van der Waals surface area contributed by atoms with Crippen LogP contribution in [0, 0.1) is 0 Å². The molecule has 104 valence electrons. The summed E-state index contributed by atoms with van der Waals surface area (Å²) in [7, 11) is -3.69. The average molecular weight is 328 g/mol. The molecule has 3 atom stereocenters. The molecule has 0 heterocycles. The van der Waals surface area contributed by atoms with E-state index in [9.17, 15) is 4.57 Å². The number of rotatable bonds is 9. The Morgan fingerprint density at radius 3 is 1.24 bits per heavy atom. The fourth-order valence-corrected chi connectivity index (χ4v) is 2.97. The van der Waals surface area contributed by atoms with Gasteiger partial charge in [0.25, 0.3) is 0 Å². The maximum atomic E-state index is 12.3. The standard InChI is InChI=1S/C9H18Cl3O4P/c1-7(4-10)14-17(13,15-8(2)5-11)16-9(3)6-12/h7-9H,4-6H2,1-3H3/t7-,8-,9+/m0/s1. The second-order valence-corrected chi connectivity index (χ2v) is 6.11. The van der Waals surface area contributed by atoms with Gasteiger partial charge < -0.3 is 0 Å². The molecule has 0 bridgehead atoms. The van der Waals surface area contributed by atoms with Crippen molar-refractivity contribution < 1.29 is 18.1 Å². The molecular formula is C9H18Cl3O4P. The second kappa shape index (κ2) is 8.98. The first-order valence-corrected chi connectivity index (χ1v) is 8.26. The van der Waals surface area contributed by atoms with E-state index < -0.39 is 26.1 Å². The highest BCUT2D eigenvalue weighted by Crippen LogP contribution is 2.52. The molecule has 8 heteroatoms. The topological polar surface area (TPSA) is 44.8 Å². The van der Waals surface area contributed by atoms with Crippen LogP contribution in [0.15, 0.2) is 0 Å². The van der Waals surface area contributed by atoms with Crippen molar-refractivity contribution in [3.8, 4) is 0 Å². The van der Waals surface area contributed by atoms with Gasteiger partial charge in [-0.25, -0.2) is 4.57 Å². The highest BCUT2D eigenvalue weighted by Gasteiger charge is 2.33. The Morgan fingerprint density at radius 2 is 1.06 bits per heavy atom. The molecule has 0 aromatic rings. The third-order valence-corrected chi connectivity index (χ3v) is 4.74. The zero-order chi connectivity index (χ0) is 13.5. The van der Waals surface area contributed by atoms with Crippen molar-refractivity contribution in [3.05, 3.63) is 0 Å². The van der Waals surface area contributed by atoms with Crippen molar-refractivity contribution in [3.63, 3.8) is 0 Å². The highest BCUT2D eigenvalue weighted by molar-refractivity contribution is 7.48. The van der Waals surface area contributed by atoms with Crippen LogP contribution in [0.4, 0.5) is 0 Å². The summed E-state index contributed by atoms with van der Waals surface area (Å²) in [4.78, 5) is 0. The molecule has 0 aromatic carbocycles. The zero-order valence-corrected chi connectivity index (χ0v) is 13.2. The van der Waals surface area contributed by atoms with E-state index in [-0.39, 0.29) is 17.6 Å². The van der Waals surface area contributed by atoms with Gasteiger partial charge >= 0.3 is 7.82 Å². The number of phosphoric ester groups is 1. The van der Waals surface area contributed by atoms with E-state index in [2.05, 4.69) is 0 Å². The molecule has 0 saturated heterocycles. The van der Waals surface area contributed by atoms with Gasteiger partial charge in [-0.05, 0) is 20.8 Å². The fourth-order valence-electron chi connectivity index (χ4n) is 0.820. The Hall–Kier alpha value is 0.980. The maximum Gasteiger partial charge on any atom is 0.475 e. The third kappa shape index (κ3) is 7.89. The lowest BCUT2D eigenvalue weighted by Gasteiger charge is -2.25. The van der Waals surface area contributed by atoms with E-state index in [4.69, 9.17) is 48.4 Å². The maximum absolute atomic E-state index is 12.3. The lowest BCUT2D eigenvalue weighted by Crippen LogP contribution is -2.19. The van der Waals surface area contributed by atoms with Gasteiger partial charge in [0.2, 0.25) is 0 Å². The SMILES string of the molecule is C[C@H](CCl)OP(=O)(O[C@@H](C)CCl)O[C@@H](C)CCl. The van der Waals surface area contributed by atoms with Gasteiger partial charge in [-0.2, -0.15) is 0 Å². The van der Waals surface area contributed by atoms with Crippen LogP contribution in [0.3, 0.4) is 0 Å². The van der Waals surface area contributed by atoms with Crippen LogP contribution in [0.25, 0.3) is 0 Å². The summed E-state index contributed by atoms with van der Waals surface area (Å²) in [5, 5.41) is 0. The number of hydrogen-bond donors (Lipinski definition) is 0. The quantitative estimate of drug-likeness (QED) is 0.474. The summed E-state index contributed by atoms with van der Waals surface area (Å²) in [6, 6.07) is 0. The number of alkyl halides is 3. The number of hydrogen-bond acceptors (Lipinski definition) is 4. The molecule has 0 aromatic heterocycles. The van der Waals surface area contributed by atoms with E-state index in [0.717, 1.165) is 0 Å². The molecule has 0 unspecified atom stereocenters. The van der Waals surface area contributed by atoms with Crippen molar-refractivity contribution in [1.29, 1.82) is 0 Å². The first kappa shape index (κ1) is 18.0. The van der Waals surface area contributed by atoms with Crippen LogP contribution in [0.1, 0.15) is 20.8 Å². The molecule has 4 nitrogen and oxygen atoms in total. The minimum Gasteiger partial charge on any atom is -0.283 e. The summed E-state index contributed by atoms with van der Waals surface area (Å²) < 4.78 is 27.9. The molecule has 0 fully saturated rings. The third-order valence-electron chi connectivity index (χ3n) is 1.58. The molecule has 0 spiro atoms. The van der Waals surface area contributed by atoms with Crippen LogP contribution in [0.2, 0.25) is 0 Å². The van der Waals surface area contributed by atoms with Crippen molar-refractivity contribution in [2.75, 3.05) is 17.6 Å². The van der Waals surface area contributed by atoms with Crippen molar-refractivity contribution in [1.82, 2.24) is 0 Å². The van der Waals surface area contributed by atoms with Crippen LogP contribution in [-0.4, -0.2) is 36.0 Å². The predicted molar refractivity (Wildman–Crippen MR) is 71.4 cm³/mol. The van der Waals surface area contributed by atoms with Crippen LogP contribution < -0.4 is 0 Å². The zero-order valence-electron chi connectivity index (χ0n) is 10.1. The molecule has 0 aliphatic rings. The Labute approximate surface area is 117 Å². The summed E-state index contributed by atoms with van der Waals surface area (Å²) >= 11 is 16.8. The first-order chi connectivity index (χ1) is 7.86. The molecule has 0 N–H and O–H groups in total. The van der Waals surface area contributed by atoms with Crippen molar-refractivity contribution in [2.45, 2.75) is 39.1 Å². The molecule has 17 heavy (non-hydrogen) atoms. The number of halogens is 3. The molecule has 0 aliphatic carbocycles. The van der Waals surface area contributed by atoms with Gasteiger partial charge in [0, 0.05) is 17.6 Å². The highest BCUT2D eigenvalue weighted by atomic mass is 35.5. The van der Waals surface area contributed by atoms with E-state index in [1.165, 1.54) is 0 Å². The van der Waals surface area contributed by atoms with E-state index in [0.29, 0.717) is 0 Å². The van der Waals surface area contributed by atoms with Gasteiger partial charge in [0.1, 0.15) is 0 Å². The number of phosphoric acid groups is 1. The second-order valence-electron chi connectivity index (χ2n) is 3.66. The summed E-state index contributed by atoms with van der Waals surface area (Å²) in [5.41, 5.74) is 0. The van der Waals surface area contributed by atoms with Crippen molar-refractivity contribution in [2.24, 2.45) is 0 Å². The Balaban J connectivity index is 4.62. The minimum atomic E-state index is -3.69. The Morgan fingerprint density at radius 1 is 0.824 bits per heavy atom. The van der Waals surface area contributed by atoms with Crippen LogP contribution >= 0.6 is 42.6 Å². The van der Waals surface area contributed by atoms with Gasteiger partial charge in [0.15, 0.2) is 0 Å². The smallest absolute Gasteiger partial charge is 0.283 e. The van der Waals surface area contributed by atoms with Gasteiger partial charge in [-0.3, -0.25) is 13.6 Å². The fraction of sp³-hybridized carbons (Fsp3) is 1.00. The van der Waals surface area contributed by atoms with Gasteiger partial charge in [-0.15, -0.1) is 34.8 Å².